The summed E-state index contributed by atoms with van der Waals surface area (Å²) in [5, 5.41) is 9.89. The first-order valence-corrected chi connectivity index (χ1v) is 5.62. The lowest BCUT2D eigenvalue weighted by Gasteiger charge is -2.38. The first-order chi connectivity index (χ1) is 6.70. The summed E-state index contributed by atoms with van der Waals surface area (Å²) in [4.78, 5) is 11.3. The Bertz CT molecular complexity index is 314. The Morgan fingerprint density at radius 2 is 2.21 bits per heavy atom. The Morgan fingerprint density at radius 3 is 3.07 bits per heavy atom. The van der Waals surface area contributed by atoms with Crippen LogP contribution in [-0.2, 0) is 4.79 Å². The summed E-state index contributed by atoms with van der Waals surface area (Å²) >= 11 is 0. The monoisotopic (exact) mass is 192 g/mol. The molecule has 0 aromatic carbocycles. The van der Waals surface area contributed by atoms with Crippen molar-refractivity contribution < 1.29 is 9.90 Å². The molecule has 2 bridgehead atoms. The minimum absolute atomic E-state index is 0.103. The first-order valence-electron chi connectivity index (χ1n) is 5.62. The topological polar surface area (TPSA) is 37.3 Å². The van der Waals surface area contributed by atoms with Crippen LogP contribution in [0.2, 0.25) is 0 Å². The largest absolute Gasteiger partial charge is 0.393 e. The highest BCUT2D eigenvalue weighted by Gasteiger charge is 2.50. The number of aliphatic hydroxyl groups excluding tert-OH is 1. The average molecular weight is 192 g/mol. The van der Waals surface area contributed by atoms with Gasteiger partial charge in [0.25, 0.3) is 0 Å². The van der Waals surface area contributed by atoms with Crippen molar-refractivity contribution >= 4 is 5.78 Å². The summed E-state index contributed by atoms with van der Waals surface area (Å²) in [6.45, 7) is 0. The van der Waals surface area contributed by atoms with E-state index in [1.54, 1.807) is 0 Å². The van der Waals surface area contributed by atoms with Gasteiger partial charge in [0, 0.05) is 6.42 Å². The number of carbonyl (C=O) groups excluding carboxylic acids is 1. The molecule has 0 amide bonds. The summed E-state index contributed by atoms with van der Waals surface area (Å²) in [7, 11) is 0. The minimum atomic E-state index is -0.103. The molecule has 3 unspecified atom stereocenters. The zero-order chi connectivity index (χ0) is 9.76. The van der Waals surface area contributed by atoms with Crippen LogP contribution in [0.3, 0.4) is 0 Å². The molecule has 3 rings (SSSR count). The molecule has 0 aliphatic heterocycles. The normalized spacial score (nSPS) is 46.1. The third kappa shape index (κ3) is 1.04. The second kappa shape index (κ2) is 2.69. The van der Waals surface area contributed by atoms with E-state index in [-0.39, 0.29) is 11.5 Å². The molecular weight excluding hydrogens is 176 g/mol. The molecule has 0 radical (unpaired) electrons. The van der Waals surface area contributed by atoms with Crippen LogP contribution in [0.15, 0.2) is 11.6 Å². The molecule has 0 aromatic heterocycles. The fraction of sp³-hybridized carbons (Fsp3) is 0.750. The molecule has 0 aromatic rings. The van der Waals surface area contributed by atoms with Crippen molar-refractivity contribution in [3.63, 3.8) is 0 Å². The molecule has 2 heteroatoms. The van der Waals surface area contributed by atoms with Crippen molar-refractivity contribution in [2.45, 2.75) is 44.6 Å². The number of aliphatic hydroxyl groups is 1. The van der Waals surface area contributed by atoms with Crippen molar-refractivity contribution in [1.29, 1.82) is 0 Å². The van der Waals surface area contributed by atoms with Crippen LogP contribution in [-0.4, -0.2) is 17.0 Å². The van der Waals surface area contributed by atoms with E-state index in [1.807, 2.05) is 6.08 Å². The Labute approximate surface area is 84.0 Å². The van der Waals surface area contributed by atoms with Crippen LogP contribution in [0.5, 0.6) is 0 Å². The molecular formula is C12H16O2. The number of allylic oxidation sites excluding steroid dienone is 2. The predicted octanol–water partition coefficient (Wildman–Crippen LogP) is 1.83. The smallest absolute Gasteiger partial charge is 0.155 e. The highest BCUT2D eigenvalue weighted by atomic mass is 16.3. The SMILES string of the molecule is O=C1C=C2CCC3CC2(CC1)CC3O. The van der Waals surface area contributed by atoms with E-state index in [4.69, 9.17) is 0 Å². The zero-order valence-corrected chi connectivity index (χ0v) is 8.33. The molecule has 0 saturated heterocycles. The molecule has 3 aliphatic carbocycles. The molecule has 14 heavy (non-hydrogen) atoms. The molecule has 3 aliphatic rings. The van der Waals surface area contributed by atoms with Crippen molar-refractivity contribution in [2.75, 3.05) is 0 Å². The van der Waals surface area contributed by atoms with Crippen LogP contribution >= 0.6 is 0 Å². The van der Waals surface area contributed by atoms with E-state index in [0.717, 1.165) is 32.1 Å². The predicted molar refractivity (Wildman–Crippen MR) is 52.7 cm³/mol. The summed E-state index contributed by atoms with van der Waals surface area (Å²) in [5.74, 6) is 0.811. The van der Waals surface area contributed by atoms with Crippen molar-refractivity contribution in [3.8, 4) is 0 Å². The van der Waals surface area contributed by atoms with Gasteiger partial charge in [-0.1, -0.05) is 5.57 Å². The van der Waals surface area contributed by atoms with Crippen molar-refractivity contribution in [3.05, 3.63) is 11.6 Å². The molecule has 1 spiro atoms. The molecule has 1 N–H and O–H groups in total. The van der Waals surface area contributed by atoms with Crippen LogP contribution in [0.25, 0.3) is 0 Å². The van der Waals surface area contributed by atoms with E-state index >= 15 is 0 Å². The van der Waals surface area contributed by atoms with Crippen LogP contribution in [0.4, 0.5) is 0 Å². The van der Waals surface area contributed by atoms with Gasteiger partial charge < -0.3 is 5.11 Å². The molecule has 2 saturated carbocycles. The number of rotatable bonds is 0. The summed E-state index contributed by atoms with van der Waals surface area (Å²) < 4.78 is 0. The van der Waals surface area contributed by atoms with Gasteiger partial charge in [-0.25, -0.2) is 0 Å². The van der Waals surface area contributed by atoms with Crippen LogP contribution in [0.1, 0.15) is 38.5 Å². The van der Waals surface area contributed by atoms with E-state index in [9.17, 15) is 9.90 Å². The van der Waals surface area contributed by atoms with Gasteiger partial charge in [-0.15, -0.1) is 0 Å². The van der Waals surface area contributed by atoms with Crippen molar-refractivity contribution in [1.82, 2.24) is 0 Å². The highest BCUT2D eigenvalue weighted by molar-refractivity contribution is 5.91. The first kappa shape index (κ1) is 8.66. The van der Waals surface area contributed by atoms with E-state index < -0.39 is 0 Å². The fourth-order valence-electron chi connectivity index (χ4n) is 3.67. The number of fused-ring (bicyclic) bond motifs is 1. The summed E-state index contributed by atoms with van der Waals surface area (Å²) in [6, 6.07) is 0. The second-order valence-corrected chi connectivity index (χ2v) is 5.19. The third-order valence-electron chi connectivity index (χ3n) is 4.45. The minimum Gasteiger partial charge on any atom is -0.393 e. The van der Waals surface area contributed by atoms with Crippen LogP contribution in [0, 0.1) is 11.3 Å². The van der Waals surface area contributed by atoms with E-state index in [0.29, 0.717) is 18.1 Å². The van der Waals surface area contributed by atoms with E-state index in [1.165, 1.54) is 5.57 Å². The van der Waals surface area contributed by atoms with Crippen LogP contribution < -0.4 is 0 Å². The van der Waals surface area contributed by atoms with Gasteiger partial charge in [0.15, 0.2) is 5.78 Å². The second-order valence-electron chi connectivity index (χ2n) is 5.19. The van der Waals surface area contributed by atoms with Gasteiger partial charge in [0.05, 0.1) is 6.10 Å². The molecule has 0 heterocycles. The van der Waals surface area contributed by atoms with Gasteiger partial charge in [0.1, 0.15) is 0 Å². The summed E-state index contributed by atoms with van der Waals surface area (Å²) in [5.41, 5.74) is 1.58. The highest BCUT2D eigenvalue weighted by Crippen LogP contribution is 2.58. The molecule has 2 nitrogen and oxygen atoms in total. The maximum atomic E-state index is 11.3. The number of hydrogen-bond acceptors (Lipinski definition) is 2. The van der Waals surface area contributed by atoms with Gasteiger partial charge in [0.2, 0.25) is 0 Å². The number of hydrogen-bond donors (Lipinski definition) is 1. The van der Waals surface area contributed by atoms with E-state index in [2.05, 4.69) is 0 Å². The van der Waals surface area contributed by atoms with Gasteiger partial charge in [-0.05, 0) is 49.5 Å². The Kier molecular flexibility index (Phi) is 1.67. The Balaban J connectivity index is 2.01. The number of carbonyl (C=O) groups is 1. The Morgan fingerprint density at radius 1 is 1.36 bits per heavy atom. The Hall–Kier alpha value is -0.630. The lowest BCUT2D eigenvalue weighted by molar-refractivity contribution is -0.115. The zero-order valence-electron chi connectivity index (χ0n) is 8.33. The molecule has 3 atom stereocenters. The maximum Gasteiger partial charge on any atom is 0.155 e. The standard InChI is InChI=1S/C12H16O2/c13-10-3-4-12-6-8(11(14)7-12)1-2-9(12)5-10/h5,8,11,14H,1-4,6-7H2. The molecule has 2 fully saturated rings. The fourth-order valence-corrected chi connectivity index (χ4v) is 3.67. The quantitative estimate of drug-likeness (QED) is 0.635. The molecule has 76 valence electrons. The lowest BCUT2D eigenvalue weighted by Crippen LogP contribution is -2.28. The number of ketones is 1. The van der Waals surface area contributed by atoms with Gasteiger partial charge in [-0.2, -0.15) is 0 Å². The lowest BCUT2D eigenvalue weighted by atomic mass is 9.66. The van der Waals surface area contributed by atoms with Crippen molar-refractivity contribution in [2.24, 2.45) is 11.3 Å². The third-order valence-corrected chi connectivity index (χ3v) is 4.45. The van der Waals surface area contributed by atoms with Gasteiger partial charge in [-0.3, -0.25) is 4.79 Å². The average Bonchev–Trinajstić information content (AvgIpc) is 2.41. The summed E-state index contributed by atoms with van der Waals surface area (Å²) in [6.07, 6.45) is 7.64. The maximum absolute atomic E-state index is 11.3. The van der Waals surface area contributed by atoms with Gasteiger partial charge >= 0.3 is 0 Å².